The molecule has 2 rings (SSSR count). The van der Waals surface area contributed by atoms with Crippen LogP contribution in [0.1, 0.15) is 23.6 Å². The highest BCUT2D eigenvalue weighted by Gasteiger charge is 2.21. The van der Waals surface area contributed by atoms with Crippen molar-refractivity contribution in [3.63, 3.8) is 0 Å². The van der Waals surface area contributed by atoms with Gasteiger partial charge in [0.15, 0.2) is 0 Å². The minimum Gasteiger partial charge on any atom is -0.344 e. The Labute approximate surface area is 96.5 Å². The highest BCUT2D eigenvalue weighted by Crippen LogP contribution is 2.20. The number of carbonyl (C=O) groups excluding carboxylic acids is 1. The molecule has 86 valence electrons. The van der Waals surface area contributed by atoms with Gasteiger partial charge in [0.2, 0.25) is 5.91 Å². The quantitative estimate of drug-likeness (QED) is 0.774. The second kappa shape index (κ2) is 4.66. The Hall–Kier alpha value is -1.35. The minimum absolute atomic E-state index is 0.226. The van der Waals surface area contributed by atoms with E-state index in [-0.39, 0.29) is 11.9 Å². The van der Waals surface area contributed by atoms with E-state index in [0.717, 1.165) is 13.1 Å². The molecule has 1 aromatic carbocycles. The molecule has 1 heterocycles. The predicted octanol–water partition coefficient (Wildman–Crippen LogP) is 1.49. The van der Waals surface area contributed by atoms with Crippen LogP contribution in [0.4, 0.5) is 0 Å². The molecule has 1 saturated heterocycles. The maximum atomic E-state index is 11.6. The van der Waals surface area contributed by atoms with Crippen LogP contribution < -0.4 is 5.32 Å². The summed E-state index contributed by atoms with van der Waals surface area (Å²) in [6.07, 6.45) is 0.596. The highest BCUT2D eigenvalue weighted by molar-refractivity contribution is 5.76. The minimum atomic E-state index is 0.226. The second-order valence-corrected chi connectivity index (χ2v) is 4.39. The molecule has 1 amide bonds. The van der Waals surface area contributed by atoms with Gasteiger partial charge in [0, 0.05) is 26.6 Å². The van der Waals surface area contributed by atoms with Crippen molar-refractivity contribution in [1.29, 1.82) is 0 Å². The van der Waals surface area contributed by atoms with Crippen LogP contribution in [0, 0.1) is 6.92 Å². The summed E-state index contributed by atoms with van der Waals surface area (Å²) < 4.78 is 0. The molecule has 1 atom stereocenters. The van der Waals surface area contributed by atoms with E-state index in [1.54, 1.807) is 0 Å². The Morgan fingerprint density at radius 1 is 1.38 bits per heavy atom. The van der Waals surface area contributed by atoms with Crippen molar-refractivity contribution in [2.45, 2.75) is 19.4 Å². The number of amides is 1. The molecule has 3 nitrogen and oxygen atoms in total. The van der Waals surface area contributed by atoms with Crippen molar-refractivity contribution in [3.05, 3.63) is 35.4 Å². The van der Waals surface area contributed by atoms with Gasteiger partial charge in [-0.25, -0.2) is 0 Å². The fourth-order valence-corrected chi connectivity index (χ4v) is 2.17. The summed E-state index contributed by atoms with van der Waals surface area (Å²) in [7, 11) is 1.88. The Bertz CT molecular complexity index is 389. The molecule has 3 heteroatoms. The lowest BCUT2D eigenvalue weighted by Gasteiger charge is -2.22. The van der Waals surface area contributed by atoms with Gasteiger partial charge in [0.05, 0.1) is 6.04 Å². The number of likely N-dealkylation sites (N-methyl/N-ethyl adjacent to an activating group) is 1. The number of aryl methyl sites for hydroxylation is 1. The van der Waals surface area contributed by atoms with Crippen LogP contribution in [0.15, 0.2) is 24.3 Å². The largest absolute Gasteiger partial charge is 0.344 e. The van der Waals surface area contributed by atoms with Crippen LogP contribution in [0.2, 0.25) is 0 Å². The summed E-state index contributed by atoms with van der Waals surface area (Å²) in [4.78, 5) is 13.4. The molecule has 0 aromatic heterocycles. The van der Waals surface area contributed by atoms with Crippen LogP contribution in [0.3, 0.4) is 0 Å². The fourth-order valence-electron chi connectivity index (χ4n) is 2.17. The van der Waals surface area contributed by atoms with Crippen molar-refractivity contribution in [1.82, 2.24) is 10.2 Å². The molecular weight excluding hydrogens is 200 g/mol. The number of hydrogen-bond acceptors (Lipinski definition) is 2. The molecule has 1 unspecified atom stereocenters. The van der Waals surface area contributed by atoms with Crippen LogP contribution in [-0.2, 0) is 4.79 Å². The number of nitrogens with one attached hydrogen (secondary N) is 1. The van der Waals surface area contributed by atoms with Gasteiger partial charge in [-0.05, 0) is 18.1 Å². The SMILES string of the molecule is Cc1ccccc1C1CN(C)C(=O)CCN1. The van der Waals surface area contributed by atoms with Crippen molar-refractivity contribution < 1.29 is 4.79 Å². The van der Waals surface area contributed by atoms with E-state index in [4.69, 9.17) is 0 Å². The topological polar surface area (TPSA) is 32.3 Å². The first-order valence-corrected chi connectivity index (χ1v) is 5.71. The standard InChI is InChI=1S/C13H18N2O/c1-10-5-3-4-6-11(10)12-9-15(2)13(16)7-8-14-12/h3-6,12,14H,7-9H2,1-2H3. The molecule has 1 fully saturated rings. The third-order valence-electron chi connectivity index (χ3n) is 3.18. The number of hydrogen-bond donors (Lipinski definition) is 1. The highest BCUT2D eigenvalue weighted by atomic mass is 16.2. The van der Waals surface area contributed by atoms with Crippen molar-refractivity contribution in [3.8, 4) is 0 Å². The van der Waals surface area contributed by atoms with Crippen molar-refractivity contribution >= 4 is 5.91 Å². The van der Waals surface area contributed by atoms with E-state index in [9.17, 15) is 4.79 Å². The first-order chi connectivity index (χ1) is 7.68. The van der Waals surface area contributed by atoms with Gasteiger partial charge in [-0.2, -0.15) is 0 Å². The third kappa shape index (κ3) is 2.25. The zero-order valence-corrected chi connectivity index (χ0v) is 9.86. The maximum absolute atomic E-state index is 11.6. The Morgan fingerprint density at radius 3 is 2.88 bits per heavy atom. The molecule has 1 aliphatic rings. The van der Waals surface area contributed by atoms with E-state index >= 15 is 0 Å². The normalized spacial score (nSPS) is 22.0. The summed E-state index contributed by atoms with van der Waals surface area (Å²) in [6, 6.07) is 8.61. The molecule has 16 heavy (non-hydrogen) atoms. The van der Waals surface area contributed by atoms with Gasteiger partial charge in [-0.1, -0.05) is 24.3 Å². The monoisotopic (exact) mass is 218 g/mol. The molecule has 1 aliphatic heterocycles. The Kier molecular flexibility index (Phi) is 3.25. The van der Waals surface area contributed by atoms with Crippen LogP contribution in [0.25, 0.3) is 0 Å². The number of nitrogens with zero attached hydrogens (tertiary/aromatic N) is 1. The first-order valence-electron chi connectivity index (χ1n) is 5.71. The van der Waals surface area contributed by atoms with Gasteiger partial charge in [-0.15, -0.1) is 0 Å². The van der Waals surface area contributed by atoms with E-state index in [1.807, 2.05) is 18.0 Å². The molecular formula is C13H18N2O. The van der Waals surface area contributed by atoms with E-state index < -0.39 is 0 Å². The van der Waals surface area contributed by atoms with Crippen LogP contribution in [0.5, 0.6) is 0 Å². The van der Waals surface area contributed by atoms with E-state index in [0.29, 0.717) is 6.42 Å². The third-order valence-corrected chi connectivity index (χ3v) is 3.18. The lowest BCUT2D eigenvalue weighted by Crippen LogP contribution is -2.31. The smallest absolute Gasteiger partial charge is 0.223 e. The second-order valence-electron chi connectivity index (χ2n) is 4.39. The van der Waals surface area contributed by atoms with E-state index in [2.05, 4.69) is 30.4 Å². The summed E-state index contributed by atoms with van der Waals surface area (Å²) in [5, 5.41) is 3.44. The molecule has 1 N–H and O–H groups in total. The van der Waals surface area contributed by atoms with Gasteiger partial charge < -0.3 is 10.2 Å². The van der Waals surface area contributed by atoms with Crippen LogP contribution in [-0.4, -0.2) is 30.9 Å². The number of rotatable bonds is 1. The first kappa shape index (κ1) is 11.1. The summed E-state index contributed by atoms with van der Waals surface area (Å²) in [6.45, 7) is 3.63. The lowest BCUT2D eigenvalue weighted by atomic mass is 10.0. The zero-order valence-electron chi connectivity index (χ0n) is 9.86. The van der Waals surface area contributed by atoms with Crippen molar-refractivity contribution in [2.24, 2.45) is 0 Å². The molecule has 0 aliphatic carbocycles. The summed E-state index contributed by atoms with van der Waals surface area (Å²) in [5.41, 5.74) is 2.58. The fraction of sp³-hybridized carbons (Fsp3) is 0.462. The van der Waals surface area contributed by atoms with Gasteiger partial charge in [-0.3, -0.25) is 4.79 Å². The Morgan fingerprint density at radius 2 is 2.12 bits per heavy atom. The average Bonchev–Trinajstić information content (AvgIpc) is 2.43. The molecule has 1 aromatic rings. The molecule has 0 saturated carbocycles. The molecule has 0 spiro atoms. The van der Waals surface area contributed by atoms with Gasteiger partial charge in [0.25, 0.3) is 0 Å². The van der Waals surface area contributed by atoms with Gasteiger partial charge in [0.1, 0.15) is 0 Å². The van der Waals surface area contributed by atoms with Gasteiger partial charge >= 0.3 is 0 Å². The number of carbonyl (C=O) groups is 1. The zero-order chi connectivity index (χ0) is 11.5. The Balaban J connectivity index is 2.21. The van der Waals surface area contributed by atoms with Crippen molar-refractivity contribution in [2.75, 3.05) is 20.1 Å². The maximum Gasteiger partial charge on any atom is 0.223 e. The average molecular weight is 218 g/mol. The predicted molar refractivity (Wildman–Crippen MR) is 64.2 cm³/mol. The summed E-state index contributed by atoms with van der Waals surface area (Å²) >= 11 is 0. The summed E-state index contributed by atoms with van der Waals surface area (Å²) in [5.74, 6) is 0.226. The molecule has 0 radical (unpaired) electrons. The van der Waals surface area contributed by atoms with Crippen LogP contribution >= 0.6 is 0 Å². The lowest BCUT2D eigenvalue weighted by molar-refractivity contribution is -0.129. The van der Waals surface area contributed by atoms with E-state index in [1.165, 1.54) is 11.1 Å². The number of benzene rings is 1. The molecule has 0 bridgehead atoms.